The van der Waals surface area contributed by atoms with Crippen LogP contribution in [0.2, 0.25) is 0 Å². The van der Waals surface area contributed by atoms with Crippen LogP contribution in [0.25, 0.3) is 0 Å². The number of benzene rings is 1. The Morgan fingerprint density at radius 1 is 1.13 bits per heavy atom. The first-order valence-electron chi connectivity index (χ1n) is 9.90. The first-order chi connectivity index (χ1) is 14.1. The Morgan fingerprint density at radius 3 is 2.30 bits per heavy atom. The molecule has 3 fully saturated rings. The van der Waals surface area contributed by atoms with E-state index in [1.165, 1.54) is 12.2 Å². The van der Waals surface area contributed by atoms with Crippen molar-refractivity contribution in [2.75, 3.05) is 19.8 Å². The van der Waals surface area contributed by atoms with E-state index in [0.717, 1.165) is 5.56 Å². The highest BCUT2D eigenvalue weighted by Gasteiger charge is 2.55. The zero-order valence-electron chi connectivity index (χ0n) is 17.8. The van der Waals surface area contributed by atoms with Crippen LogP contribution in [0.15, 0.2) is 42.5 Å². The molecule has 4 rings (SSSR count). The molecule has 0 saturated carbocycles. The molecule has 30 heavy (non-hydrogen) atoms. The Morgan fingerprint density at radius 2 is 1.73 bits per heavy atom. The maximum Gasteiger partial charge on any atom is 0.408 e. The van der Waals surface area contributed by atoms with E-state index in [4.69, 9.17) is 23.7 Å². The standard InChI is InChI=1S/C22H29NO7/c1-20(2,3)30-18(24)11-10-17(22-27-13-21(4,14-28-22)15-29-22)23-19(25)26-12-16-8-6-5-7-9-16/h5-11,17H,12-15H2,1-4H3,(H,23,25)/b11-10+/t17-,21?,22?/m0/s1. The molecule has 1 N–H and O–H groups in total. The van der Waals surface area contributed by atoms with Crippen molar-refractivity contribution in [2.24, 2.45) is 5.41 Å². The number of hydrogen-bond donors (Lipinski definition) is 1. The van der Waals surface area contributed by atoms with Crippen LogP contribution in [0.1, 0.15) is 33.3 Å². The summed E-state index contributed by atoms with van der Waals surface area (Å²) < 4.78 is 28.0. The van der Waals surface area contributed by atoms with Crippen LogP contribution in [-0.4, -0.2) is 49.5 Å². The zero-order chi connectivity index (χ0) is 21.8. The minimum Gasteiger partial charge on any atom is -0.457 e. The molecule has 0 unspecified atom stereocenters. The molecule has 0 aliphatic carbocycles. The number of ether oxygens (including phenoxy) is 5. The summed E-state index contributed by atoms with van der Waals surface area (Å²) in [5.41, 5.74) is -0.0331. The van der Waals surface area contributed by atoms with Crippen molar-refractivity contribution in [3.05, 3.63) is 48.0 Å². The van der Waals surface area contributed by atoms with E-state index < -0.39 is 29.7 Å². The summed E-state index contributed by atoms with van der Waals surface area (Å²) in [6, 6.07) is 8.38. The lowest BCUT2D eigenvalue weighted by molar-refractivity contribution is -0.469. The van der Waals surface area contributed by atoms with Gasteiger partial charge in [-0.3, -0.25) is 0 Å². The lowest BCUT2D eigenvalue weighted by atomic mass is 9.91. The van der Waals surface area contributed by atoms with Crippen LogP contribution in [0.5, 0.6) is 0 Å². The number of rotatable bonds is 6. The van der Waals surface area contributed by atoms with Crippen LogP contribution in [0.3, 0.4) is 0 Å². The molecular weight excluding hydrogens is 390 g/mol. The first-order valence-corrected chi connectivity index (χ1v) is 9.90. The van der Waals surface area contributed by atoms with Crippen LogP contribution in [0, 0.1) is 5.41 Å². The van der Waals surface area contributed by atoms with Crippen molar-refractivity contribution in [2.45, 2.75) is 51.9 Å². The molecule has 1 amide bonds. The van der Waals surface area contributed by atoms with E-state index in [-0.39, 0.29) is 12.0 Å². The van der Waals surface area contributed by atoms with E-state index >= 15 is 0 Å². The van der Waals surface area contributed by atoms with Gasteiger partial charge in [0.05, 0.1) is 19.8 Å². The molecule has 8 nitrogen and oxygen atoms in total. The number of nitrogens with one attached hydrogen (secondary N) is 1. The molecule has 8 heteroatoms. The van der Waals surface area contributed by atoms with Crippen LogP contribution in [0.4, 0.5) is 4.79 Å². The maximum absolute atomic E-state index is 12.4. The third-order valence-corrected chi connectivity index (χ3v) is 4.56. The van der Waals surface area contributed by atoms with Crippen molar-refractivity contribution < 1.29 is 33.3 Å². The van der Waals surface area contributed by atoms with Gasteiger partial charge in [-0.15, -0.1) is 0 Å². The van der Waals surface area contributed by atoms with Gasteiger partial charge < -0.3 is 29.0 Å². The van der Waals surface area contributed by atoms with Crippen molar-refractivity contribution in [3.8, 4) is 0 Å². The summed E-state index contributed by atoms with van der Waals surface area (Å²) in [6.07, 6.45) is 1.97. The summed E-state index contributed by atoms with van der Waals surface area (Å²) >= 11 is 0. The molecule has 3 aliphatic rings. The number of esters is 1. The number of amides is 1. The van der Waals surface area contributed by atoms with Gasteiger partial charge in [0.25, 0.3) is 0 Å². The smallest absolute Gasteiger partial charge is 0.408 e. The first kappa shape index (κ1) is 22.3. The second-order valence-corrected chi connectivity index (χ2v) is 8.86. The minimum atomic E-state index is -1.53. The highest BCUT2D eigenvalue weighted by atomic mass is 16.9. The second-order valence-electron chi connectivity index (χ2n) is 8.86. The fourth-order valence-corrected chi connectivity index (χ4v) is 3.00. The van der Waals surface area contributed by atoms with E-state index in [1.807, 2.05) is 37.3 Å². The van der Waals surface area contributed by atoms with Crippen LogP contribution >= 0.6 is 0 Å². The monoisotopic (exact) mass is 419 g/mol. The topological polar surface area (TPSA) is 92.3 Å². The van der Waals surface area contributed by atoms with E-state index in [9.17, 15) is 9.59 Å². The second kappa shape index (κ2) is 8.75. The largest absolute Gasteiger partial charge is 0.457 e. The Kier molecular flexibility index (Phi) is 6.50. The Bertz CT molecular complexity index is 760. The predicted molar refractivity (Wildman–Crippen MR) is 107 cm³/mol. The molecule has 164 valence electrons. The number of fused-ring (bicyclic) bond motifs is 3. The van der Waals surface area contributed by atoms with Crippen LogP contribution < -0.4 is 5.32 Å². The molecule has 3 saturated heterocycles. The highest BCUT2D eigenvalue weighted by molar-refractivity contribution is 5.82. The predicted octanol–water partition coefficient (Wildman–Crippen LogP) is 2.92. The van der Waals surface area contributed by atoms with Gasteiger partial charge in [0.1, 0.15) is 18.2 Å². The van der Waals surface area contributed by atoms with E-state index in [2.05, 4.69) is 5.32 Å². The summed E-state index contributed by atoms with van der Waals surface area (Å²) in [7, 11) is 0. The normalized spacial score (nSPS) is 26.9. The maximum atomic E-state index is 12.4. The Hall–Kier alpha value is -2.42. The molecule has 1 aromatic rings. The third-order valence-electron chi connectivity index (χ3n) is 4.56. The molecule has 0 aromatic heterocycles. The molecule has 3 heterocycles. The zero-order valence-corrected chi connectivity index (χ0v) is 17.8. The highest BCUT2D eigenvalue weighted by Crippen LogP contribution is 2.40. The van der Waals surface area contributed by atoms with Gasteiger partial charge in [0, 0.05) is 11.5 Å². The quantitative estimate of drug-likeness (QED) is 0.560. The number of carbonyl (C=O) groups is 2. The fourth-order valence-electron chi connectivity index (χ4n) is 3.00. The average molecular weight is 419 g/mol. The van der Waals surface area contributed by atoms with Gasteiger partial charge in [-0.1, -0.05) is 37.3 Å². The minimum absolute atomic E-state index is 0.100. The summed E-state index contributed by atoms with van der Waals surface area (Å²) in [5.74, 6) is -2.08. The molecule has 0 radical (unpaired) electrons. The SMILES string of the molecule is CC12COC([C@H](/C=C/C(=O)OC(C)(C)C)NC(=O)OCc3ccccc3)(OC1)OC2. The average Bonchev–Trinajstić information content (AvgIpc) is 2.70. The number of carbonyl (C=O) groups excluding carboxylic acids is 2. The third kappa shape index (κ3) is 5.81. The lowest BCUT2D eigenvalue weighted by Crippen LogP contribution is -2.67. The van der Waals surface area contributed by atoms with Gasteiger partial charge in [-0.25, -0.2) is 9.59 Å². The molecule has 1 aromatic carbocycles. The van der Waals surface area contributed by atoms with Gasteiger partial charge in [-0.2, -0.15) is 0 Å². The van der Waals surface area contributed by atoms with Crippen LogP contribution in [-0.2, 0) is 35.1 Å². The Balaban J connectivity index is 1.69. The van der Waals surface area contributed by atoms with Crippen molar-refractivity contribution in [1.29, 1.82) is 0 Å². The molecule has 1 atom stereocenters. The van der Waals surface area contributed by atoms with E-state index in [1.54, 1.807) is 20.8 Å². The fraction of sp³-hybridized carbons (Fsp3) is 0.545. The molecule has 2 bridgehead atoms. The van der Waals surface area contributed by atoms with Gasteiger partial charge in [0.15, 0.2) is 0 Å². The van der Waals surface area contributed by atoms with E-state index in [0.29, 0.717) is 19.8 Å². The number of hydrogen-bond acceptors (Lipinski definition) is 7. The summed E-state index contributed by atoms with van der Waals surface area (Å²) in [6.45, 7) is 8.62. The van der Waals surface area contributed by atoms with Gasteiger partial charge in [0.2, 0.25) is 0 Å². The van der Waals surface area contributed by atoms with Crippen molar-refractivity contribution in [3.63, 3.8) is 0 Å². The lowest BCUT2D eigenvalue weighted by Gasteiger charge is -2.52. The molecule has 3 aliphatic heterocycles. The number of alkyl carbamates (subject to hydrolysis) is 1. The summed E-state index contributed by atoms with van der Waals surface area (Å²) in [5, 5.41) is 2.67. The Labute approximate surface area is 176 Å². The van der Waals surface area contributed by atoms with Gasteiger partial charge in [-0.05, 0) is 32.4 Å². The molecule has 0 spiro atoms. The summed E-state index contributed by atoms with van der Waals surface area (Å²) in [4.78, 5) is 24.5. The van der Waals surface area contributed by atoms with Crippen molar-refractivity contribution >= 4 is 12.1 Å². The molecular formula is C22H29NO7. The van der Waals surface area contributed by atoms with Crippen molar-refractivity contribution in [1.82, 2.24) is 5.32 Å². The van der Waals surface area contributed by atoms with Gasteiger partial charge >= 0.3 is 18.0 Å².